The number of carbonyl (C=O) groups excluding carboxylic acids is 2. The van der Waals surface area contributed by atoms with Crippen molar-refractivity contribution < 1.29 is 22.7 Å². The molecule has 0 spiro atoms. The van der Waals surface area contributed by atoms with Crippen molar-refractivity contribution in [2.45, 2.75) is 25.3 Å². The zero-order valence-corrected chi connectivity index (χ0v) is 24.1. The Hall–Kier alpha value is -4.63. The third-order valence-electron chi connectivity index (χ3n) is 6.69. The van der Waals surface area contributed by atoms with Crippen molar-refractivity contribution in [1.29, 1.82) is 0 Å². The first kappa shape index (κ1) is 29.4. The number of hydrogen-bond acceptors (Lipinski definition) is 5. The van der Waals surface area contributed by atoms with Gasteiger partial charge in [-0.1, -0.05) is 54.6 Å². The summed E-state index contributed by atoms with van der Waals surface area (Å²) in [7, 11) is -2.60. The molecule has 0 fully saturated rings. The lowest BCUT2D eigenvalue weighted by molar-refractivity contribution is 0.0774. The van der Waals surface area contributed by atoms with Gasteiger partial charge < -0.3 is 15.0 Å². The van der Waals surface area contributed by atoms with Gasteiger partial charge in [-0.15, -0.1) is 0 Å². The molecule has 0 aliphatic heterocycles. The maximum Gasteiger partial charge on any atom is 0.264 e. The van der Waals surface area contributed by atoms with E-state index in [4.69, 9.17) is 4.74 Å². The molecule has 0 bridgehead atoms. The third kappa shape index (κ3) is 6.58. The van der Waals surface area contributed by atoms with Gasteiger partial charge in [0.25, 0.3) is 21.8 Å². The van der Waals surface area contributed by atoms with E-state index in [-0.39, 0.29) is 28.6 Å². The second-order valence-electron chi connectivity index (χ2n) is 9.17. The summed E-state index contributed by atoms with van der Waals surface area (Å²) in [6.07, 6.45) is 0. The predicted octanol–water partition coefficient (Wildman–Crippen LogP) is 5.83. The lowest BCUT2D eigenvalue weighted by atomic mass is 10.1. The molecule has 41 heavy (non-hydrogen) atoms. The molecule has 0 unspecified atom stereocenters. The fraction of sp³-hybridized carbons (Fsp3) is 0.188. The van der Waals surface area contributed by atoms with Crippen LogP contribution in [0.3, 0.4) is 0 Å². The largest absolute Gasteiger partial charge is 0.497 e. The van der Waals surface area contributed by atoms with E-state index in [1.54, 1.807) is 65.6 Å². The molecular formula is C32H33N3O5S. The molecule has 0 atom stereocenters. The van der Waals surface area contributed by atoms with Crippen LogP contribution in [0.25, 0.3) is 0 Å². The van der Waals surface area contributed by atoms with Crippen LogP contribution in [0, 0.1) is 0 Å². The first-order chi connectivity index (χ1) is 19.8. The van der Waals surface area contributed by atoms with Gasteiger partial charge in [0, 0.05) is 13.1 Å². The lowest BCUT2D eigenvalue weighted by Gasteiger charge is -2.27. The molecule has 0 saturated heterocycles. The number of nitrogens with one attached hydrogen (secondary N) is 1. The van der Waals surface area contributed by atoms with Crippen molar-refractivity contribution in [3.05, 3.63) is 120 Å². The number of ether oxygens (including phenoxy) is 1. The highest BCUT2D eigenvalue weighted by molar-refractivity contribution is 7.92. The summed E-state index contributed by atoms with van der Waals surface area (Å²) >= 11 is 0. The normalized spacial score (nSPS) is 11.0. The zero-order valence-electron chi connectivity index (χ0n) is 23.3. The van der Waals surface area contributed by atoms with Gasteiger partial charge in [-0.05, 0) is 67.9 Å². The highest BCUT2D eigenvalue weighted by Gasteiger charge is 2.29. The van der Waals surface area contributed by atoms with E-state index < -0.39 is 15.9 Å². The van der Waals surface area contributed by atoms with Crippen LogP contribution in [-0.2, 0) is 16.6 Å². The monoisotopic (exact) mass is 571 g/mol. The fourth-order valence-electron chi connectivity index (χ4n) is 4.46. The molecule has 0 saturated carbocycles. The average molecular weight is 572 g/mol. The summed E-state index contributed by atoms with van der Waals surface area (Å²) in [6.45, 7) is 4.83. The lowest BCUT2D eigenvalue weighted by Crippen LogP contribution is -2.33. The Morgan fingerprint density at radius 3 is 1.98 bits per heavy atom. The Balaban J connectivity index is 1.77. The Kier molecular flexibility index (Phi) is 9.41. The minimum Gasteiger partial charge on any atom is -0.497 e. The molecule has 0 aliphatic carbocycles. The van der Waals surface area contributed by atoms with Crippen molar-refractivity contribution >= 4 is 33.2 Å². The molecule has 1 N–H and O–H groups in total. The van der Waals surface area contributed by atoms with Gasteiger partial charge in [0.1, 0.15) is 5.75 Å². The van der Waals surface area contributed by atoms with E-state index in [9.17, 15) is 18.0 Å². The van der Waals surface area contributed by atoms with E-state index >= 15 is 0 Å². The maximum atomic E-state index is 14.1. The van der Waals surface area contributed by atoms with Crippen molar-refractivity contribution in [3.63, 3.8) is 0 Å². The van der Waals surface area contributed by atoms with E-state index in [0.717, 1.165) is 5.56 Å². The quantitative estimate of drug-likeness (QED) is 0.245. The number of anilines is 2. The first-order valence-corrected chi connectivity index (χ1v) is 14.7. The molecule has 0 aliphatic rings. The second-order valence-corrected chi connectivity index (χ2v) is 11.0. The predicted molar refractivity (Wildman–Crippen MR) is 161 cm³/mol. The van der Waals surface area contributed by atoms with Gasteiger partial charge in [-0.2, -0.15) is 0 Å². The maximum absolute atomic E-state index is 14.1. The SMILES string of the molecule is CCN(CC)C(=O)c1ccccc1NC(=O)c1ccccc1N(Cc1ccccc1)S(=O)(=O)c1ccc(OC)cc1. The molecule has 9 heteroatoms. The molecule has 8 nitrogen and oxygen atoms in total. The summed E-state index contributed by atoms with van der Waals surface area (Å²) in [4.78, 5) is 28.6. The van der Waals surface area contributed by atoms with Crippen molar-refractivity contribution in [2.75, 3.05) is 29.8 Å². The first-order valence-electron chi connectivity index (χ1n) is 13.3. The number of sulfonamides is 1. The smallest absolute Gasteiger partial charge is 0.264 e. The van der Waals surface area contributed by atoms with Crippen molar-refractivity contribution in [1.82, 2.24) is 4.90 Å². The van der Waals surface area contributed by atoms with Crippen molar-refractivity contribution in [2.24, 2.45) is 0 Å². The molecule has 0 heterocycles. The van der Waals surface area contributed by atoms with Crippen molar-refractivity contribution in [3.8, 4) is 5.75 Å². The second kappa shape index (κ2) is 13.1. The Labute approximate surface area is 241 Å². The number of carbonyl (C=O) groups is 2. The molecule has 0 aromatic heterocycles. The number of methoxy groups -OCH3 is 1. The zero-order chi connectivity index (χ0) is 29.4. The number of hydrogen-bond donors (Lipinski definition) is 1. The Bertz CT molecular complexity index is 1600. The minimum absolute atomic E-state index is 0.00344. The van der Waals surface area contributed by atoms with Gasteiger partial charge in [-0.25, -0.2) is 8.42 Å². The molecule has 212 valence electrons. The summed E-state index contributed by atoms with van der Waals surface area (Å²) < 4.78 is 34.5. The molecule has 2 amide bonds. The van der Waals surface area contributed by atoms with Crippen LogP contribution < -0.4 is 14.4 Å². The van der Waals surface area contributed by atoms with Crippen LogP contribution in [0.4, 0.5) is 11.4 Å². The number of benzene rings is 4. The molecule has 4 aromatic carbocycles. The topological polar surface area (TPSA) is 96.0 Å². The summed E-state index contributed by atoms with van der Waals surface area (Å²) in [5.74, 6) is -0.216. The summed E-state index contributed by atoms with van der Waals surface area (Å²) in [5, 5.41) is 2.85. The highest BCUT2D eigenvalue weighted by Crippen LogP contribution is 2.31. The molecule has 4 rings (SSSR count). The minimum atomic E-state index is -4.11. The highest BCUT2D eigenvalue weighted by atomic mass is 32.2. The number of rotatable bonds is 11. The van der Waals surface area contributed by atoms with E-state index in [2.05, 4.69) is 5.32 Å². The fourth-order valence-corrected chi connectivity index (χ4v) is 5.93. The van der Waals surface area contributed by atoms with Gasteiger partial charge in [0.2, 0.25) is 0 Å². The summed E-state index contributed by atoms with van der Waals surface area (Å²) in [5.41, 5.74) is 1.80. The number of para-hydroxylation sites is 2. The van der Waals surface area contributed by atoms with E-state index in [1.165, 1.54) is 23.5 Å². The number of amides is 2. The van der Waals surface area contributed by atoms with Gasteiger partial charge in [0.05, 0.1) is 41.1 Å². The van der Waals surface area contributed by atoms with Crippen LogP contribution in [0.5, 0.6) is 5.75 Å². The van der Waals surface area contributed by atoms with E-state index in [0.29, 0.717) is 30.1 Å². The third-order valence-corrected chi connectivity index (χ3v) is 8.46. The van der Waals surface area contributed by atoms with Crippen LogP contribution in [0.15, 0.2) is 108 Å². The molecular weight excluding hydrogens is 538 g/mol. The van der Waals surface area contributed by atoms with Crippen LogP contribution in [0.2, 0.25) is 0 Å². The van der Waals surface area contributed by atoms with E-state index in [1.807, 2.05) is 44.2 Å². The Morgan fingerprint density at radius 2 is 1.34 bits per heavy atom. The average Bonchev–Trinajstić information content (AvgIpc) is 3.01. The number of nitrogens with zero attached hydrogens (tertiary/aromatic N) is 2. The summed E-state index contributed by atoms with van der Waals surface area (Å²) in [6, 6.07) is 28.6. The van der Waals surface area contributed by atoms with Gasteiger partial charge in [0.15, 0.2) is 0 Å². The van der Waals surface area contributed by atoms with Crippen LogP contribution >= 0.6 is 0 Å². The van der Waals surface area contributed by atoms with Gasteiger partial charge >= 0.3 is 0 Å². The Morgan fingerprint density at radius 1 is 0.756 bits per heavy atom. The van der Waals surface area contributed by atoms with Crippen LogP contribution in [0.1, 0.15) is 40.1 Å². The van der Waals surface area contributed by atoms with Gasteiger partial charge in [-0.3, -0.25) is 13.9 Å². The van der Waals surface area contributed by atoms with Crippen LogP contribution in [-0.4, -0.2) is 45.3 Å². The molecule has 4 aromatic rings. The molecule has 0 radical (unpaired) electrons. The standard InChI is InChI=1S/C32H33N3O5S/c1-4-34(5-2)32(37)27-15-9-11-17-29(27)33-31(36)28-16-10-12-18-30(28)35(23-24-13-7-6-8-14-24)41(38,39)26-21-19-25(40-3)20-22-26/h6-22H,4-5,23H2,1-3H3,(H,33,36).